The smallest absolute Gasteiger partial charge is 0.309 e. The molecule has 0 bridgehead atoms. The first kappa shape index (κ1) is 22.0. The van der Waals surface area contributed by atoms with Crippen molar-refractivity contribution < 1.29 is 13.9 Å². The van der Waals surface area contributed by atoms with Gasteiger partial charge >= 0.3 is 5.97 Å². The number of carbonyl (C=O) groups is 1. The SMILES string of the molecule is N#C/C=C/CCC1CCC(C(=O)OC2CCC(c3ccc(C#N)c(F)c3)CC2)CC1. The third-order valence-corrected chi connectivity index (χ3v) is 6.66. The first-order valence-corrected chi connectivity index (χ1v) is 11.1. The van der Waals surface area contributed by atoms with Gasteiger partial charge in [-0.05, 0) is 93.7 Å². The predicted molar refractivity (Wildman–Crippen MR) is 112 cm³/mol. The lowest BCUT2D eigenvalue weighted by Gasteiger charge is -2.31. The van der Waals surface area contributed by atoms with Gasteiger partial charge in [0.25, 0.3) is 0 Å². The normalized spacial score (nSPS) is 26.6. The Hall–Kier alpha value is -2.66. The Balaban J connectivity index is 1.39. The van der Waals surface area contributed by atoms with Crippen LogP contribution in [-0.4, -0.2) is 12.1 Å². The molecule has 0 aromatic heterocycles. The standard InChI is InChI=1S/C25H29FN2O2/c26-24-16-21(9-10-22(24)17-28)19-11-13-23(14-12-19)30-25(29)20-7-5-18(6-8-20)4-2-1-3-15-27/h1,3,9-10,16,18-20,23H,2,4-8,11-14H2/b3-1+. The van der Waals surface area contributed by atoms with Gasteiger partial charge in [0.05, 0.1) is 17.6 Å². The van der Waals surface area contributed by atoms with Crippen LogP contribution in [0.1, 0.15) is 81.3 Å². The highest BCUT2D eigenvalue weighted by Crippen LogP contribution is 2.36. The maximum Gasteiger partial charge on any atom is 0.309 e. The highest BCUT2D eigenvalue weighted by molar-refractivity contribution is 5.72. The second-order valence-corrected chi connectivity index (χ2v) is 8.59. The van der Waals surface area contributed by atoms with Crippen LogP contribution in [0, 0.1) is 40.3 Å². The van der Waals surface area contributed by atoms with E-state index in [0.717, 1.165) is 69.8 Å². The average Bonchev–Trinajstić information content (AvgIpc) is 2.77. The summed E-state index contributed by atoms with van der Waals surface area (Å²) >= 11 is 0. The molecular formula is C25H29FN2O2. The molecule has 5 heteroatoms. The zero-order valence-electron chi connectivity index (χ0n) is 17.4. The van der Waals surface area contributed by atoms with Crippen molar-refractivity contribution in [3.05, 3.63) is 47.3 Å². The molecule has 1 aromatic rings. The number of hydrogen-bond donors (Lipinski definition) is 0. The number of halogens is 1. The molecule has 2 aliphatic rings. The summed E-state index contributed by atoms with van der Waals surface area (Å²) in [6.07, 6.45) is 12.7. The fourth-order valence-corrected chi connectivity index (χ4v) is 4.81. The first-order valence-electron chi connectivity index (χ1n) is 11.1. The fourth-order valence-electron chi connectivity index (χ4n) is 4.81. The second-order valence-electron chi connectivity index (χ2n) is 8.59. The van der Waals surface area contributed by atoms with Crippen LogP contribution in [0.15, 0.2) is 30.4 Å². The number of allylic oxidation sites excluding steroid dienone is 2. The number of nitrogens with zero attached hydrogens (tertiary/aromatic N) is 2. The summed E-state index contributed by atoms with van der Waals surface area (Å²) < 4.78 is 19.7. The minimum Gasteiger partial charge on any atom is -0.462 e. The van der Waals surface area contributed by atoms with Gasteiger partial charge in [0.2, 0.25) is 0 Å². The van der Waals surface area contributed by atoms with Gasteiger partial charge in [-0.2, -0.15) is 10.5 Å². The Morgan fingerprint density at radius 3 is 2.47 bits per heavy atom. The number of nitriles is 2. The molecule has 0 atom stereocenters. The van der Waals surface area contributed by atoms with Crippen LogP contribution in [-0.2, 0) is 9.53 Å². The van der Waals surface area contributed by atoms with Crippen molar-refractivity contribution >= 4 is 5.97 Å². The maximum absolute atomic E-state index is 13.9. The lowest BCUT2D eigenvalue weighted by atomic mass is 9.79. The lowest BCUT2D eigenvalue weighted by Crippen LogP contribution is -2.29. The van der Waals surface area contributed by atoms with Gasteiger partial charge in [-0.15, -0.1) is 0 Å². The second kappa shape index (κ2) is 10.9. The predicted octanol–water partition coefficient (Wildman–Crippen LogP) is 5.93. The summed E-state index contributed by atoms with van der Waals surface area (Å²) in [5.74, 6) is 0.403. The molecule has 0 aliphatic heterocycles. The fraction of sp³-hybridized carbons (Fsp3) is 0.560. The Morgan fingerprint density at radius 1 is 1.10 bits per heavy atom. The highest BCUT2D eigenvalue weighted by Gasteiger charge is 2.31. The number of hydrogen-bond acceptors (Lipinski definition) is 4. The summed E-state index contributed by atoms with van der Waals surface area (Å²) in [7, 11) is 0. The third-order valence-electron chi connectivity index (χ3n) is 6.66. The van der Waals surface area contributed by atoms with Crippen molar-refractivity contribution in [2.45, 2.75) is 76.2 Å². The summed E-state index contributed by atoms with van der Waals surface area (Å²) in [6.45, 7) is 0. The monoisotopic (exact) mass is 408 g/mol. The van der Waals surface area contributed by atoms with E-state index in [1.807, 2.05) is 24.3 Å². The molecule has 0 amide bonds. The van der Waals surface area contributed by atoms with E-state index in [0.29, 0.717) is 5.92 Å². The van der Waals surface area contributed by atoms with Crippen molar-refractivity contribution in [1.29, 1.82) is 10.5 Å². The third kappa shape index (κ3) is 5.92. The van der Waals surface area contributed by atoms with E-state index in [2.05, 4.69) is 0 Å². The number of rotatable bonds is 6. The van der Waals surface area contributed by atoms with Crippen LogP contribution in [0.2, 0.25) is 0 Å². The molecule has 0 radical (unpaired) electrons. The van der Waals surface area contributed by atoms with Crippen molar-refractivity contribution in [1.82, 2.24) is 0 Å². The Bertz CT molecular complexity index is 836. The van der Waals surface area contributed by atoms with E-state index < -0.39 is 5.82 Å². The molecule has 4 nitrogen and oxygen atoms in total. The quantitative estimate of drug-likeness (QED) is 0.432. The minimum absolute atomic E-state index is 0.0150. The molecule has 158 valence electrons. The van der Waals surface area contributed by atoms with E-state index in [1.54, 1.807) is 6.07 Å². The molecule has 3 rings (SSSR count). The lowest BCUT2D eigenvalue weighted by molar-refractivity contribution is -0.157. The zero-order chi connectivity index (χ0) is 21.3. The van der Waals surface area contributed by atoms with Gasteiger partial charge in [-0.3, -0.25) is 4.79 Å². The molecule has 2 fully saturated rings. The van der Waals surface area contributed by atoms with E-state index in [1.165, 1.54) is 12.1 Å². The molecule has 0 spiro atoms. The summed E-state index contributed by atoms with van der Waals surface area (Å²) in [5.41, 5.74) is 1.01. The van der Waals surface area contributed by atoms with Gasteiger partial charge < -0.3 is 4.74 Å². The van der Waals surface area contributed by atoms with E-state index in [9.17, 15) is 9.18 Å². The molecule has 1 aromatic carbocycles. The van der Waals surface area contributed by atoms with Gasteiger partial charge in [0.15, 0.2) is 0 Å². The Morgan fingerprint density at radius 2 is 1.83 bits per heavy atom. The Labute approximate surface area is 178 Å². The van der Waals surface area contributed by atoms with Crippen LogP contribution < -0.4 is 0 Å². The molecule has 0 unspecified atom stereocenters. The van der Waals surface area contributed by atoms with E-state index >= 15 is 0 Å². The van der Waals surface area contributed by atoms with E-state index in [4.69, 9.17) is 15.3 Å². The number of carbonyl (C=O) groups excluding carboxylic acids is 1. The Kier molecular flexibility index (Phi) is 8.03. The molecule has 0 saturated heterocycles. The summed E-state index contributed by atoms with van der Waals surface area (Å²) in [5, 5.41) is 17.4. The minimum atomic E-state index is -0.458. The van der Waals surface area contributed by atoms with Crippen molar-refractivity contribution in [3.8, 4) is 12.1 Å². The zero-order valence-corrected chi connectivity index (χ0v) is 17.4. The van der Waals surface area contributed by atoms with Gasteiger partial charge in [-0.25, -0.2) is 4.39 Å². The number of esters is 1. The largest absolute Gasteiger partial charge is 0.462 e. The summed E-state index contributed by atoms with van der Waals surface area (Å²) in [4.78, 5) is 12.6. The van der Waals surface area contributed by atoms with Crippen molar-refractivity contribution in [2.24, 2.45) is 11.8 Å². The number of benzene rings is 1. The van der Waals surface area contributed by atoms with Crippen molar-refractivity contribution in [2.75, 3.05) is 0 Å². The molecule has 0 heterocycles. The van der Waals surface area contributed by atoms with Gasteiger partial charge in [0.1, 0.15) is 18.0 Å². The first-order chi connectivity index (χ1) is 14.6. The van der Waals surface area contributed by atoms with E-state index in [-0.39, 0.29) is 29.5 Å². The number of ether oxygens (including phenoxy) is 1. The van der Waals surface area contributed by atoms with Crippen LogP contribution in [0.4, 0.5) is 4.39 Å². The molecule has 0 N–H and O–H groups in total. The van der Waals surface area contributed by atoms with Crippen LogP contribution >= 0.6 is 0 Å². The highest BCUT2D eigenvalue weighted by atomic mass is 19.1. The average molecular weight is 409 g/mol. The molecule has 30 heavy (non-hydrogen) atoms. The maximum atomic E-state index is 13.9. The molecular weight excluding hydrogens is 379 g/mol. The van der Waals surface area contributed by atoms with Crippen LogP contribution in [0.5, 0.6) is 0 Å². The molecule has 2 aliphatic carbocycles. The van der Waals surface area contributed by atoms with Gasteiger partial charge in [-0.1, -0.05) is 12.1 Å². The topological polar surface area (TPSA) is 73.9 Å². The van der Waals surface area contributed by atoms with Crippen LogP contribution in [0.3, 0.4) is 0 Å². The van der Waals surface area contributed by atoms with Gasteiger partial charge in [0, 0.05) is 6.08 Å². The van der Waals surface area contributed by atoms with Crippen molar-refractivity contribution in [3.63, 3.8) is 0 Å². The summed E-state index contributed by atoms with van der Waals surface area (Å²) in [6, 6.07) is 8.74. The van der Waals surface area contributed by atoms with Crippen LogP contribution in [0.25, 0.3) is 0 Å². The molecule has 2 saturated carbocycles.